The first-order valence-corrected chi connectivity index (χ1v) is 9.08. The molecule has 30 heavy (non-hydrogen) atoms. The van der Waals surface area contributed by atoms with Crippen molar-refractivity contribution < 1.29 is 22.7 Å². The number of ether oxygens (including phenoxy) is 1. The van der Waals surface area contributed by atoms with Crippen LogP contribution in [-0.4, -0.2) is 45.4 Å². The Labute approximate surface area is 169 Å². The van der Waals surface area contributed by atoms with Gasteiger partial charge in [-0.1, -0.05) is 12.1 Å². The predicted octanol–water partition coefficient (Wildman–Crippen LogP) is 2.59. The van der Waals surface area contributed by atoms with E-state index in [1.807, 2.05) is 12.1 Å². The number of aromatic nitrogens is 4. The Balaban J connectivity index is 1.44. The Kier molecular flexibility index (Phi) is 5.46. The van der Waals surface area contributed by atoms with Crippen LogP contribution in [0.25, 0.3) is 5.82 Å². The number of nitrogens with zero attached hydrogens (tertiary/aromatic N) is 4. The minimum absolute atomic E-state index is 0.0313. The number of carbonyl (C=O) groups is 1. The molecule has 3 aromatic rings. The number of hydrogen-bond donors (Lipinski definition) is 2. The van der Waals surface area contributed by atoms with Gasteiger partial charge in [-0.2, -0.15) is 18.3 Å². The number of carbonyl (C=O) groups excluding carboxylic acids is 1. The molecule has 1 aliphatic heterocycles. The highest BCUT2D eigenvalue weighted by molar-refractivity contribution is 6.03. The van der Waals surface area contributed by atoms with Gasteiger partial charge in [-0.15, -0.1) is 0 Å². The normalized spacial score (nSPS) is 17.0. The maximum atomic E-state index is 12.8. The molecule has 0 spiro atoms. The van der Waals surface area contributed by atoms with Crippen molar-refractivity contribution >= 4 is 11.6 Å². The van der Waals surface area contributed by atoms with Crippen LogP contribution in [0.4, 0.5) is 18.9 Å². The highest BCUT2D eigenvalue weighted by atomic mass is 19.4. The van der Waals surface area contributed by atoms with Gasteiger partial charge >= 0.3 is 6.18 Å². The highest BCUT2D eigenvalue weighted by Gasteiger charge is 2.33. The highest BCUT2D eigenvalue weighted by Crippen LogP contribution is 2.28. The molecule has 3 heterocycles. The lowest BCUT2D eigenvalue weighted by molar-refractivity contribution is -0.141. The van der Waals surface area contributed by atoms with Gasteiger partial charge < -0.3 is 15.4 Å². The number of amides is 1. The largest absolute Gasteiger partial charge is 0.433 e. The third-order valence-corrected chi connectivity index (χ3v) is 4.49. The minimum atomic E-state index is -4.60. The molecule has 156 valence electrons. The fourth-order valence-electron chi connectivity index (χ4n) is 2.96. The lowest BCUT2D eigenvalue weighted by Crippen LogP contribution is -2.33. The molecule has 1 unspecified atom stereocenters. The van der Waals surface area contributed by atoms with Crippen LogP contribution in [0.15, 0.2) is 49.1 Å². The van der Waals surface area contributed by atoms with E-state index in [0.29, 0.717) is 12.3 Å². The maximum absolute atomic E-state index is 12.8. The van der Waals surface area contributed by atoms with E-state index in [9.17, 15) is 18.0 Å². The van der Waals surface area contributed by atoms with E-state index in [4.69, 9.17) is 4.74 Å². The molecule has 1 aliphatic rings. The second-order valence-corrected chi connectivity index (χ2v) is 6.57. The fraction of sp³-hybridized carbons (Fsp3) is 0.263. The molecule has 11 heteroatoms. The standard InChI is InChI=1S/C19H17F3N6O2/c20-19(21,22)16-7-17(25-11-24-16)28-10-13(8-26-28)18(29)27-14-3-1-12(2-4-14)15-9-23-5-6-30-15/h1-4,7-8,10-11,15,23H,5-6,9H2,(H,27,29). The van der Waals surface area contributed by atoms with Crippen LogP contribution in [0.3, 0.4) is 0 Å². The Bertz CT molecular complexity index is 1030. The van der Waals surface area contributed by atoms with Crippen LogP contribution >= 0.6 is 0 Å². The summed E-state index contributed by atoms with van der Waals surface area (Å²) in [7, 11) is 0. The van der Waals surface area contributed by atoms with Crippen LogP contribution in [0.5, 0.6) is 0 Å². The predicted molar refractivity (Wildman–Crippen MR) is 100 cm³/mol. The Morgan fingerprint density at radius 2 is 2.03 bits per heavy atom. The molecule has 2 N–H and O–H groups in total. The van der Waals surface area contributed by atoms with Gasteiger partial charge in [0, 0.05) is 31.0 Å². The van der Waals surface area contributed by atoms with Gasteiger partial charge in [-0.25, -0.2) is 14.6 Å². The summed E-state index contributed by atoms with van der Waals surface area (Å²) in [6, 6.07) is 8.02. The third-order valence-electron chi connectivity index (χ3n) is 4.49. The van der Waals surface area contributed by atoms with Gasteiger partial charge in [0.15, 0.2) is 5.82 Å². The number of morpholine rings is 1. The van der Waals surface area contributed by atoms with Crippen molar-refractivity contribution in [2.45, 2.75) is 12.3 Å². The molecule has 0 bridgehead atoms. The second kappa shape index (κ2) is 8.20. The first-order chi connectivity index (χ1) is 14.4. The van der Waals surface area contributed by atoms with Crippen LogP contribution < -0.4 is 10.6 Å². The number of hydrogen-bond acceptors (Lipinski definition) is 6. The average Bonchev–Trinajstić information content (AvgIpc) is 3.25. The zero-order chi connectivity index (χ0) is 21.1. The summed E-state index contributed by atoms with van der Waals surface area (Å²) in [6.07, 6.45) is -1.28. The van der Waals surface area contributed by atoms with Crippen molar-refractivity contribution in [2.24, 2.45) is 0 Å². The summed E-state index contributed by atoms with van der Waals surface area (Å²) in [5, 5.41) is 9.90. The summed E-state index contributed by atoms with van der Waals surface area (Å²) in [6.45, 7) is 2.19. The molecule has 8 nitrogen and oxygen atoms in total. The Hall–Kier alpha value is -3.31. The zero-order valence-electron chi connectivity index (χ0n) is 15.6. The number of nitrogens with one attached hydrogen (secondary N) is 2. The summed E-state index contributed by atoms with van der Waals surface area (Å²) in [4.78, 5) is 19.4. The van der Waals surface area contributed by atoms with E-state index < -0.39 is 17.8 Å². The fourth-order valence-corrected chi connectivity index (χ4v) is 2.96. The number of alkyl halides is 3. The van der Waals surface area contributed by atoms with Crippen molar-refractivity contribution in [3.63, 3.8) is 0 Å². The topological polar surface area (TPSA) is 94.0 Å². The monoisotopic (exact) mass is 418 g/mol. The molecule has 1 saturated heterocycles. The van der Waals surface area contributed by atoms with E-state index >= 15 is 0 Å². The van der Waals surface area contributed by atoms with Crippen LogP contribution in [0.2, 0.25) is 0 Å². The van der Waals surface area contributed by atoms with Gasteiger partial charge in [0.05, 0.1) is 24.5 Å². The van der Waals surface area contributed by atoms with Crippen molar-refractivity contribution in [1.29, 1.82) is 0 Å². The molecule has 1 amide bonds. The Morgan fingerprint density at radius 3 is 2.73 bits per heavy atom. The summed E-state index contributed by atoms with van der Waals surface area (Å²) < 4.78 is 45.2. The SMILES string of the molecule is O=C(Nc1ccc(C2CNCCO2)cc1)c1cnn(-c2cc(C(F)(F)F)ncn2)c1. The molecule has 0 aliphatic carbocycles. The number of benzene rings is 1. The molecule has 0 saturated carbocycles. The molecule has 0 radical (unpaired) electrons. The molecule has 1 aromatic carbocycles. The number of anilines is 1. The summed E-state index contributed by atoms with van der Waals surface area (Å²) in [5.74, 6) is -0.545. The second-order valence-electron chi connectivity index (χ2n) is 6.57. The van der Waals surface area contributed by atoms with Crippen LogP contribution in [0.1, 0.15) is 27.7 Å². The Morgan fingerprint density at radius 1 is 1.23 bits per heavy atom. The summed E-state index contributed by atoms with van der Waals surface area (Å²) in [5.41, 5.74) is 0.649. The molecule has 4 rings (SSSR count). The smallest absolute Gasteiger partial charge is 0.371 e. The first kappa shape index (κ1) is 20.0. The van der Waals surface area contributed by atoms with Gasteiger partial charge in [0.2, 0.25) is 0 Å². The minimum Gasteiger partial charge on any atom is -0.371 e. The molecule has 2 aromatic heterocycles. The first-order valence-electron chi connectivity index (χ1n) is 9.08. The molecular weight excluding hydrogens is 401 g/mol. The van der Waals surface area contributed by atoms with E-state index in [2.05, 4.69) is 25.7 Å². The lowest BCUT2D eigenvalue weighted by Gasteiger charge is -2.24. The average molecular weight is 418 g/mol. The van der Waals surface area contributed by atoms with Crippen LogP contribution in [-0.2, 0) is 10.9 Å². The van der Waals surface area contributed by atoms with Crippen LogP contribution in [0, 0.1) is 0 Å². The van der Waals surface area contributed by atoms with E-state index in [-0.39, 0.29) is 17.5 Å². The molecule has 1 fully saturated rings. The van der Waals surface area contributed by atoms with Gasteiger partial charge in [-0.3, -0.25) is 4.79 Å². The third kappa shape index (κ3) is 4.47. The van der Waals surface area contributed by atoms with Crippen molar-refractivity contribution in [3.05, 3.63) is 65.9 Å². The number of halogens is 3. The lowest BCUT2D eigenvalue weighted by atomic mass is 10.1. The van der Waals surface area contributed by atoms with E-state index in [1.54, 1.807) is 12.1 Å². The van der Waals surface area contributed by atoms with Crippen molar-refractivity contribution in [3.8, 4) is 5.82 Å². The van der Waals surface area contributed by atoms with Gasteiger partial charge in [0.25, 0.3) is 5.91 Å². The quantitative estimate of drug-likeness (QED) is 0.677. The number of rotatable bonds is 4. The van der Waals surface area contributed by atoms with Crippen molar-refractivity contribution in [2.75, 3.05) is 25.0 Å². The van der Waals surface area contributed by atoms with E-state index in [1.165, 1.54) is 12.4 Å². The molecule has 1 atom stereocenters. The molecular formula is C19H17F3N6O2. The van der Waals surface area contributed by atoms with E-state index in [0.717, 1.165) is 35.7 Å². The van der Waals surface area contributed by atoms with Gasteiger partial charge in [-0.05, 0) is 17.7 Å². The maximum Gasteiger partial charge on any atom is 0.433 e. The summed E-state index contributed by atoms with van der Waals surface area (Å²) >= 11 is 0. The zero-order valence-corrected chi connectivity index (χ0v) is 15.6. The van der Waals surface area contributed by atoms with Gasteiger partial charge in [0.1, 0.15) is 12.0 Å². The van der Waals surface area contributed by atoms with Crippen molar-refractivity contribution in [1.82, 2.24) is 25.1 Å².